The number of nitrogens with one attached hydrogen (secondary N) is 2. The first-order valence-electron chi connectivity index (χ1n) is 11.2. The maximum atomic E-state index is 15.1. The number of ether oxygens (including phenoxy) is 1. The number of rotatable bonds is 6. The van der Waals surface area contributed by atoms with E-state index < -0.39 is 41.1 Å². The van der Waals surface area contributed by atoms with Crippen LogP contribution in [0.4, 0.5) is 39.4 Å². The Hall–Kier alpha value is -3.59. The normalized spacial score (nSPS) is 19.0. The highest BCUT2D eigenvalue weighted by Crippen LogP contribution is 2.35. The Morgan fingerprint density at radius 3 is 2.53 bits per heavy atom. The van der Waals surface area contributed by atoms with Crippen LogP contribution in [0.25, 0.3) is 4.85 Å². The maximum Gasteiger partial charge on any atom is 0.414 e. The number of halogens is 4. The monoisotopic (exact) mass is 521 g/mol. The van der Waals surface area contributed by atoms with Crippen LogP contribution >= 0.6 is 12.2 Å². The van der Waals surface area contributed by atoms with E-state index in [2.05, 4.69) is 15.5 Å². The van der Waals surface area contributed by atoms with E-state index in [0.717, 1.165) is 12.1 Å². The Kier molecular flexibility index (Phi) is 7.21. The summed E-state index contributed by atoms with van der Waals surface area (Å²) in [5, 5.41) is 5.65. The fourth-order valence-electron chi connectivity index (χ4n) is 4.27. The molecule has 2 aromatic rings. The van der Waals surface area contributed by atoms with Crippen molar-refractivity contribution in [2.75, 3.05) is 41.3 Å². The fourth-order valence-corrected chi connectivity index (χ4v) is 4.36. The van der Waals surface area contributed by atoms with E-state index in [1.54, 1.807) is 24.0 Å². The molecule has 2 saturated heterocycles. The number of carbonyl (C=O) groups excluding carboxylic acids is 1. The van der Waals surface area contributed by atoms with Gasteiger partial charge in [0.05, 0.1) is 48.0 Å². The summed E-state index contributed by atoms with van der Waals surface area (Å²) in [6.45, 7) is 10.4. The molecule has 36 heavy (non-hydrogen) atoms. The predicted octanol–water partition coefficient (Wildman–Crippen LogP) is 4.83. The van der Waals surface area contributed by atoms with Gasteiger partial charge in [0.1, 0.15) is 11.9 Å². The number of benzene rings is 2. The van der Waals surface area contributed by atoms with Crippen LogP contribution in [0.3, 0.4) is 0 Å². The summed E-state index contributed by atoms with van der Waals surface area (Å²) in [6, 6.07) is 6.26. The first-order valence-corrected chi connectivity index (χ1v) is 11.6. The lowest BCUT2D eigenvalue weighted by Crippen LogP contribution is -2.47. The molecule has 190 valence electrons. The molecular weight excluding hydrogens is 498 g/mol. The molecule has 0 spiro atoms. The lowest BCUT2D eigenvalue weighted by atomic mass is 9.96. The van der Waals surface area contributed by atoms with Crippen molar-refractivity contribution in [3.63, 3.8) is 0 Å². The summed E-state index contributed by atoms with van der Waals surface area (Å²) in [4.78, 5) is 19.5. The highest BCUT2D eigenvalue weighted by atomic mass is 32.1. The summed E-state index contributed by atoms with van der Waals surface area (Å²) < 4.78 is 61.3. The molecule has 2 aliphatic rings. The van der Waals surface area contributed by atoms with Gasteiger partial charge in [-0.25, -0.2) is 28.9 Å². The second-order valence-corrected chi connectivity index (χ2v) is 9.28. The molecule has 1 amide bonds. The zero-order valence-corrected chi connectivity index (χ0v) is 20.1. The highest BCUT2D eigenvalue weighted by molar-refractivity contribution is 7.80. The van der Waals surface area contributed by atoms with Crippen molar-refractivity contribution in [2.45, 2.75) is 31.5 Å². The van der Waals surface area contributed by atoms with Gasteiger partial charge in [0.15, 0.2) is 17.5 Å². The lowest BCUT2D eigenvalue weighted by molar-refractivity contribution is 0.143. The summed E-state index contributed by atoms with van der Waals surface area (Å²) in [5.41, 5.74) is -0.911. The number of hydrogen-bond donors (Lipinski definition) is 2. The summed E-state index contributed by atoms with van der Waals surface area (Å²) >= 11 is 4.96. The Labute approximate surface area is 210 Å². The Balaban J connectivity index is 1.42. The van der Waals surface area contributed by atoms with E-state index >= 15 is 4.39 Å². The van der Waals surface area contributed by atoms with Crippen molar-refractivity contribution in [2.24, 2.45) is 0 Å². The van der Waals surface area contributed by atoms with Crippen LogP contribution in [0.15, 0.2) is 30.3 Å². The molecule has 2 aliphatic heterocycles. The van der Waals surface area contributed by atoms with Crippen LogP contribution in [0.5, 0.6) is 0 Å². The van der Waals surface area contributed by atoms with Gasteiger partial charge >= 0.3 is 11.8 Å². The average Bonchev–Trinajstić information content (AvgIpc) is 3.24. The number of thiocarbonyl (C=S) groups is 1. The largest absolute Gasteiger partial charge is 0.442 e. The molecule has 12 heteroatoms. The third kappa shape index (κ3) is 5.16. The molecule has 2 N–H and O–H groups in total. The van der Waals surface area contributed by atoms with Gasteiger partial charge in [0, 0.05) is 13.1 Å². The summed E-state index contributed by atoms with van der Waals surface area (Å²) in [6.07, 6.45) is -0.634. The molecule has 2 fully saturated rings. The van der Waals surface area contributed by atoms with Crippen molar-refractivity contribution >= 4 is 40.4 Å². The summed E-state index contributed by atoms with van der Waals surface area (Å²) in [5.74, 6) is -4.87. The van der Waals surface area contributed by atoms with Crippen molar-refractivity contribution in [3.8, 4) is 0 Å². The second-order valence-electron chi connectivity index (χ2n) is 8.67. The van der Waals surface area contributed by atoms with E-state index in [1.165, 1.54) is 11.0 Å². The molecule has 0 radical (unpaired) electrons. The zero-order chi connectivity index (χ0) is 26.0. The third-order valence-electron chi connectivity index (χ3n) is 6.24. The van der Waals surface area contributed by atoms with Gasteiger partial charge in [0.25, 0.3) is 0 Å². The molecule has 0 unspecified atom stereocenters. The molecule has 4 rings (SSSR count). The van der Waals surface area contributed by atoms with Crippen molar-refractivity contribution < 1.29 is 27.1 Å². The maximum absolute atomic E-state index is 15.1. The molecule has 7 nitrogen and oxygen atoms in total. The average molecular weight is 522 g/mol. The topological polar surface area (TPSA) is 61.2 Å². The smallest absolute Gasteiger partial charge is 0.414 e. The summed E-state index contributed by atoms with van der Waals surface area (Å²) in [7, 11) is 0. The number of anilines is 3. The van der Waals surface area contributed by atoms with Crippen LogP contribution in [0.2, 0.25) is 0 Å². The molecule has 0 bridgehead atoms. The second kappa shape index (κ2) is 10.2. The Morgan fingerprint density at radius 2 is 1.89 bits per heavy atom. The highest BCUT2D eigenvalue weighted by Gasteiger charge is 2.42. The zero-order valence-electron chi connectivity index (χ0n) is 19.3. The van der Waals surface area contributed by atoms with Crippen molar-refractivity contribution in [3.05, 3.63) is 65.0 Å². The van der Waals surface area contributed by atoms with Gasteiger partial charge in [-0.2, -0.15) is 0 Å². The van der Waals surface area contributed by atoms with Gasteiger partial charge in [-0.15, -0.1) is 0 Å². The number of piperidine rings is 1. The predicted molar refractivity (Wildman–Crippen MR) is 131 cm³/mol. The van der Waals surface area contributed by atoms with Gasteiger partial charge in [-0.05, 0) is 37.3 Å². The van der Waals surface area contributed by atoms with Crippen molar-refractivity contribution in [1.82, 2.24) is 5.32 Å². The van der Waals surface area contributed by atoms with E-state index in [0.29, 0.717) is 22.9 Å². The SMILES string of the molecule is [C-]#[N+]C1(Nc2ccc(F)c(F)c2F)CCN(c2ccc(N3C[C@H](CNC(C)=S)OC3=O)cc2F)CC1. The minimum absolute atomic E-state index is 0.183. The van der Waals surface area contributed by atoms with Crippen LogP contribution in [0.1, 0.15) is 19.8 Å². The molecule has 0 aliphatic carbocycles. The molecule has 1 atom stereocenters. The lowest BCUT2D eigenvalue weighted by Gasteiger charge is -2.36. The first-order chi connectivity index (χ1) is 17.1. The van der Waals surface area contributed by atoms with Crippen LogP contribution in [0, 0.1) is 29.8 Å². The number of nitrogens with zero attached hydrogens (tertiary/aromatic N) is 3. The van der Waals surface area contributed by atoms with E-state index in [-0.39, 0.29) is 38.2 Å². The minimum Gasteiger partial charge on any atom is -0.442 e. The molecule has 0 saturated carbocycles. The molecule has 2 heterocycles. The quantitative estimate of drug-likeness (QED) is 0.246. The Morgan fingerprint density at radius 1 is 1.17 bits per heavy atom. The van der Waals surface area contributed by atoms with Gasteiger partial charge in [-0.1, -0.05) is 12.2 Å². The third-order valence-corrected chi connectivity index (χ3v) is 6.39. The van der Waals surface area contributed by atoms with Crippen LogP contribution in [-0.2, 0) is 4.74 Å². The molecule has 2 aromatic carbocycles. The van der Waals surface area contributed by atoms with E-state index in [4.69, 9.17) is 23.5 Å². The van der Waals surface area contributed by atoms with Crippen molar-refractivity contribution in [1.29, 1.82) is 0 Å². The van der Waals surface area contributed by atoms with Gasteiger partial charge in [0.2, 0.25) is 0 Å². The van der Waals surface area contributed by atoms with E-state index in [1.807, 2.05) is 0 Å². The van der Waals surface area contributed by atoms with Gasteiger partial charge < -0.3 is 20.3 Å². The number of amides is 1. The number of carbonyl (C=O) groups is 1. The fraction of sp³-hybridized carbons (Fsp3) is 0.375. The number of cyclic esters (lactones) is 1. The van der Waals surface area contributed by atoms with Crippen LogP contribution in [-0.4, -0.2) is 49.0 Å². The standard InChI is InChI=1S/C24H23F4N5O2S/c1-14(36)30-12-16-13-33(23(34)35-16)15-3-6-20(18(26)11-15)32-9-7-24(29-2,8-10-32)31-19-5-4-17(25)21(27)22(19)28/h3-6,11,16,31H,7-10,12-13H2,1H3,(H,30,36)/t16-/m0/s1. The Bertz CT molecular complexity index is 1230. The molecule has 0 aromatic heterocycles. The van der Waals surface area contributed by atoms with Gasteiger partial charge in [-0.3, -0.25) is 9.74 Å². The molecular formula is C24H23F4N5O2S. The van der Waals surface area contributed by atoms with Crippen LogP contribution < -0.4 is 20.4 Å². The van der Waals surface area contributed by atoms with E-state index in [9.17, 15) is 18.0 Å². The number of hydrogen-bond acceptors (Lipinski definition) is 5. The minimum atomic E-state index is -1.61. The first kappa shape index (κ1) is 25.5.